The maximum absolute atomic E-state index is 3.83. The summed E-state index contributed by atoms with van der Waals surface area (Å²) < 4.78 is 0. The molecule has 3 nitrogen and oxygen atoms in total. The van der Waals surface area contributed by atoms with Gasteiger partial charge in [0.05, 0.1) is 5.69 Å². The molecule has 2 heterocycles. The van der Waals surface area contributed by atoms with Gasteiger partial charge in [-0.3, -0.25) is 0 Å². The highest BCUT2D eigenvalue weighted by Gasteiger charge is 2.30. The lowest BCUT2D eigenvalue weighted by Gasteiger charge is -2.32. The van der Waals surface area contributed by atoms with Crippen LogP contribution in [0.25, 0.3) is 5.57 Å². The fraction of sp³-hybridized carbons (Fsp3) is 0.333. The van der Waals surface area contributed by atoms with E-state index in [1.54, 1.807) is 5.57 Å². The average Bonchev–Trinajstić information content (AvgIpc) is 3.74. The molecule has 2 aliphatic heterocycles. The number of nitrogens with one attached hydrogen (secondary N) is 2. The summed E-state index contributed by atoms with van der Waals surface area (Å²) in [4.78, 5) is 2.47. The van der Waals surface area contributed by atoms with E-state index in [1.165, 1.54) is 51.5 Å². The number of rotatable bonds is 5. The third-order valence-corrected chi connectivity index (χ3v) is 8.12. The fourth-order valence-electron chi connectivity index (χ4n) is 5.95. The van der Waals surface area contributed by atoms with Crippen molar-refractivity contribution in [2.24, 2.45) is 5.92 Å². The Balaban J connectivity index is 1.29. The number of anilines is 2. The molecule has 1 saturated heterocycles. The molecule has 184 valence electrons. The van der Waals surface area contributed by atoms with Gasteiger partial charge in [0.15, 0.2) is 0 Å². The van der Waals surface area contributed by atoms with Crippen LogP contribution in [0.3, 0.4) is 0 Å². The van der Waals surface area contributed by atoms with Crippen molar-refractivity contribution in [3.8, 4) is 0 Å². The first-order valence-electron chi connectivity index (χ1n) is 13.6. The molecule has 36 heavy (non-hydrogen) atoms. The summed E-state index contributed by atoms with van der Waals surface area (Å²) in [5.74, 6) is 0.633. The highest BCUT2D eigenvalue weighted by Crippen LogP contribution is 2.39. The largest absolute Gasteiger partial charge is 0.358 e. The Morgan fingerprint density at radius 1 is 1.00 bits per heavy atom. The number of hydrogen-bond donors (Lipinski definition) is 2. The predicted octanol–water partition coefficient (Wildman–Crippen LogP) is 7.58. The topological polar surface area (TPSA) is 37.2 Å². The van der Waals surface area contributed by atoms with E-state index in [2.05, 4.69) is 108 Å². The second-order valence-corrected chi connectivity index (χ2v) is 10.6. The van der Waals surface area contributed by atoms with Gasteiger partial charge >= 0.3 is 0 Å². The van der Waals surface area contributed by atoms with Gasteiger partial charge in [0.1, 0.15) is 0 Å². The summed E-state index contributed by atoms with van der Waals surface area (Å²) in [7, 11) is 0. The Morgan fingerprint density at radius 2 is 1.92 bits per heavy atom. The highest BCUT2D eigenvalue weighted by molar-refractivity contribution is 5.88. The molecule has 2 unspecified atom stereocenters. The summed E-state index contributed by atoms with van der Waals surface area (Å²) in [6.07, 6.45) is 28.7. The minimum atomic E-state index is 0.633. The van der Waals surface area contributed by atoms with E-state index in [9.17, 15) is 0 Å². The van der Waals surface area contributed by atoms with Gasteiger partial charge in [-0.1, -0.05) is 54.7 Å². The molecule has 0 amide bonds. The summed E-state index contributed by atoms with van der Waals surface area (Å²) in [6.45, 7) is 6.52. The lowest BCUT2D eigenvalue weighted by molar-refractivity contribution is 0.634. The fourth-order valence-corrected chi connectivity index (χ4v) is 5.95. The molecule has 3 heteroatoms. The number of benzene rings is 1. The predicted molar refractivity (Wildman–Crippen MR) is 154 cm³/mol. The molecular formula is C33H37N3. The first-order chi connectivity index (χ1) is 17.7. The van der Waals surface area contributed by atoms with Gasteiger partial charge < -0.3 is 15.5 Å². The smallest absolute Gasteiger partial charge is 0.0511 e. The molecule has 0 radical (unpaired) electrons. The molecule has 1 aromatic carbocycles. The zero-order chi connectivity index (χ0) is 24.5. The number of hydrogen-bond acceptors (Lipinski definition) is 3. The Morgan fingerprint density at radius 3 is 2.67 bits per heavy atom. The zero-order valence-corrected chi connectivity index (χ0v) is 21.6. The van der Waals surface area contributed by atoms with Crippen LogP contribution in [0.2, 0.25) is 0 Å². The van der Waals surface area contributed by atoms with E-state index in [0.29, 0.717) is 12.0 Å². The Hall–Kier alpha value is -3.30. The molecule has 3 aliphatic carbocycles. The zero-order valence-electron chi connectivity index (χ0n) is 21.6. The van der Waals surface area contributed by atoms with Crippen molar-refractivity contribution in [1.29, 1.82) is 0 Å². The van der Waals surface area contributed by atoms with Crippen LogP contribution < -0.4 is 15.5 Å². The van der Waals surface area contributed by atoms with E-state index in [0.717, 1.165) is 38.8 Å². The molecule has 0 aromatic heterocycles. The van der Waals surface area contributed by atoms with Crippen molar-refractivity contribution in [3.63, 3.8) is 0 Å². The first kappa shape index (κ1) is 23.1. The van der Waals surface area contributed by atoms with Gasteiger partial charge in [-0.2, -0.15) is 0 Å². The van der Waals surface area contributed by atoms with Crippen molar-refractivity contribution in [3.05, 3.63) is 113 Å². The standard InChI is InChI=1S/C33H37N3/c1-23-8-3-4-10-29(23)25-13-17-27(18-14-25)35-30-11-7-12-32-33(30)24(2)9-5-6-21-36(32)28-19-15-26(16-20-28)31-22-34-31/h3,5-9,11-13,15,17,19-20,26,31,34-35H,4,10,14,16,18,21-22H2,1-2H3/b6-5-,24-9+. The first-order valence-corrected chi connectivity index (χ1v) is 13.6. The van der Waals surface area contributed by atoms with Crippen molar-refractivity contribution in [1.82, 2.24) is 5.32 Å². The minimum absolute atomic E-state index is 0.633. The maximum Gasteiger partial charge on any atom is 0.0511 e. The van der Waals surface area contributed by atoms with Gasteiger partial charge in [0.25, 0.3) is 0 Å². The van der Waals surface area contributed by atoms with Crippen LogP contribution >= 0.6 is 0 Å². The molecular weight excluding hydrogens is 438 g/mol. The van der Waals surface area contributed by atoms with E-state index < -0.39 is 0 Å². The van der Waals surface area contributed by atoms with Gasteiger partial charge in [0.2, 0.25) is 0 Å². The van der Waals surface area contributed by atoms with Gasteiger partial charge in [-0.15, -0.1) is 0 Å². The van der Waals surface area contributed by atoms with Gasteiger partial charge in [0, 0.05) is 41.8 Å². The lowest BCUT2D eigenvalue weighted by Crippen LogP contribution is -2.25. The van der Waals surface area contributed by atoms with Crippen LogP contribution in [-0.2, 0) is 0 Å². The Kier molecular flexibility index (Phi) is 6.41. The summed E-state index contributed by atoms with van der Waals surface area (Å²) in [5, 5.41) is 7.30. The molecule has 1 fully saturated rings. The Labute approximate surface area is 216 Å². The second-order valence-electron chi connectivity index (χ2n) is 10.6. The molecule has 2 N–H and O–H groups in total. The third-order valence-electron chi connectivity index (χ3n) is 8.12. The molecule has 6 rings (SSSR count). The number of nitrogens with zero attached hydrogens (tertiary/aromatic N) is 1. The molecule has 5 aliphatic rings. The van der Waals surface area contributed by atoms with Crippen LogP contribution in [0.1, 0.15) is 51.5 Å². The molecule has 0 spiro atoms. The molecule has 0 saturated carbocycles. The van der Waals surface area contributed by atoms with Crippen molar-refractivity contribution in [2.45, 2.75) is 52.0 Å². The second kappa shape index (κ2) is 9.99. The Bertz CT molecular complexity index is 1290. The maximum atomic E-state index is 3.83. The van der Waals surface area contributed by atoms with Crippen LogP contribution in [0.5, 0.6) is 0 Å². The summed E-state index contributed by atoms with van der Waals surface area (Å²) in [5.41, 5.74) is 12.2. The third kappa shape index (κ3) is 4.73. The number of allylic oxidation sites excluding steroid dienone is 13. The monoisotopic (exact) mass is 475 g/mol. The van der Waals surface area contributed by atoms with Crippen LogP contribution in [0.4, 0.5) is 11.4 Å². The average molecular weight is 476 g/mol. The van der Waals surface area contributed by atoms with Crippen molar-refractivity contribution < 1.29 is 0 Å². The molecule has 2 atom stereocenters. The molecule has 0 bridgehead atoms. The van der Waals surface area contributed by atoms with Crippen LogP contribution in [0.15, 0.2) is 107 Å². The van der Waals surface area contributed by atoms with E-state index in [1.807, 2.05) is 0 Å². The SMILES string of the molecule is CC1=C(C2=CC=C(Nc3cccc4c3/C(C)=C/C=C\CN4C3=CCC(C4CN4)C=C3)CC2)CCC=C1. The van der Waals surface area contributed by atoms with Crippen molar-refractivity contribution >= 4 is 16.9 Å². The van der Waals surface area contributed by atoms with Gasteiger partial charge in [-0.25, -0.2) is 0 Å². The summed E-state index contributed by atoms with van der Waals surface area (Å²) >= 11 is 0. The van der Waals surface area contributed by atoms with Crippen LogP contribution in [-0.4, -0.2) is 19.1 Å². The molecule has 1 aromatic rings. The van der Waals surface area contributed by atoms with Crippen molar-refractivity contribution in [2.75, 3.05) is 23.3 Å². The highest BCUT2D eigenvalue weighted by atomic mass is 15.1. The van der Waals surface area contributed by atoms with Gasteiger partial charge in [-0.05, 0) is 98.4 Å². The van der Waals surface area contributed by atoms with E-state index >= 15 is 0 Å². The van der Waals surface area contributed by atoms with E-state index in [4.69, 9.17) is 0 Å². The lowest BCUT2D eigenvalue weighted by atomic mass is 9.87. The van der Waals surface area contributed by atoms with E-state index in [-0.39, 0.29) is 0 Å². The van der Waals surface area contributed by atoms with Crippen LogP contribution in [0, 0.1) is 5.92 Å². The normalized spacial score (nSPS) is 27.7. The minimum Gasteiger partial charge on any atom is -0.358 e. The quantitative estimate of drug-likeness (QED) is 0.431. The number of fused-ring (bicyclic) bond motifs is 1. The summed E-state index contributed by atoms with van der Waals surface area (Å²) in [6, 6.07) is 7.38.